The van der Waals surface area contributed by atoms with E-state index in [4.69, 9.17) is 4.74 Å². The normalized spacial score (nSPS) is 28.1. The molecule has 0 N–H and O–H groups in total. The predicted octanol–water partition coefficient (Wildman–Crippen LogP) is 3.46. The predicted molar refractivity (Wildman–Crippen MR) is 94.4 cm³/mol. The number of carbonyl (C=O) groups is 1. The molecule has 0 amide bonds. The molecule has 3 aliphatic heterocycles. The first-order valence-electron chi connectivity index (χ1n) is 8.66. The molecule has 25 heavy (non-hydrogen) atoms. The van der Waals surface area contributed by atoms with Gasteiger partial charge in [0, 0.05) is 23.6 Å². The van der Waals surface area contributed by atoms with Crippen LogP contribution in [-0.4, -0.2) is 41.9 Å². The first kappa shape index (κ1) is 16.2. The summed E-state index contributed by atoms with van der Waals surface area (Å²) in [6.45, 7) is 5.70. The summed E-state index contributed by atoms with van der Waals surface area (Å²) in [6.07, 6.45) is 3.91. The number of benzene rings is 1. The van der Waals surface area contributed by atoms with Crippen LogP contribution in [0.2, 0.25) is 0 Å². The molecule has 3 saturated heterocycles. The fraction of sp³-hybridized carbons (Fsp3) is 0.400. The molecular weight excluding hydrogens is 319 g/mol. The Bertz CT molecular complexity index is 851. The summed E-state index contributed by atoms with van der Waals surface area (Å²) in [5.41, 5.74) is 0.873. The second-order valence-corrected chi connectivity index (χ2v) is 6.93. The van der Waals surface area contributed by atoms with Crippen LogP contribution in [0.15, 0.2) is 36.9 Å². The molecule has 0 saturated carbocycles. The van der Waals surface area contributed by atoms with Crippen molar-refractivity contribution >= 4 is 16.7 Å². The Morgan fingerprint density at radius 2 is 2.28 bits per heavy atom. The molecule has 4 unspecified atom stereocenters. The third kappa shape index (κ3) is 2.72. The number of halogens is 1. The molecule has 4 heterocycles. The van der Waals surface area contributed by atoms with Gasteiger partial charge >= 0.3 is 0 Å². The smallest absolute Gasteiger partial charge is 0.214 e. The van der Waals surface area contributed by atoms with E-state index in [1.54, 1.807) is 25.3 Å². The Balaban J connectivity index is 1.74. The van der Waals surface area contributed by atoms with Crippen molar-refractivity contribution in [2.24, 2.45) is 11.8 Å². The number of piperidine rings is 3. The Morgan fingerprint density at radius 3 is 2.96 bits per heavy atom. The standard InChI is InChI=1S/C20H21FN2O2/c1-3-12-11-23-7-6-13(12)8-18(23)20(24)16-10-19(21)22-17-5-4-14(25-2)9-15(16)17/h3-5,9-10,12-13,18H,1,6-8,11H2,2H3. The number of carbonyl (C=O) groups excluding carboxylic acids is 1. The second-order valence-electron chi connectivity index (χ2n) is 6.93. The van der Waals surface area contributed by atoms with Gasteiger partial charge in [0.1, 0.15) is 5.75 Å². The number of methoxy groups -OCH3 is 1. The fourth-order valence-electron chi connectivity index (χ4n) is 4.29. The van der Waals surface area contributed by atoms with E-state index < -0.39 is 5.95 Å². The van der Waals surface area contributed by atoms with E-state index in [-0.39, 0.29) is 11.8 Å². The average molecular weight is 340 g/mol. The number of rotatable bonds is 4. The van der Waals surface area contributed by atoms with Gasteiger partial charge in [0.15, 0.2) is 5.78 Å². The number of aromatic nitrogens is 1. The zero-order chi connectivity index (χ0) is 17.6. The van der Waals surface area contributed by atoms with E-state index in [9.17, 15) is 9.18 Å². The lowest BCUT2D eigenvalue weighted by molar-refractivity contribution is 0.0205. The van der Waals surface area contributed by atoms with Gasteiger partial charge < -0.3 is 4.74 Å². The summed E-state index contributed by atoms with van der Waals surface area (Å²) in [6, 6.07) is 6.25. The maximum absolute atomic E-state index is 14.0. The van der Waals surface area contributed by atoms with E-state index in [0.29, 0.717) is 34.1 Å². The minimum absolute atomic E-state index is 0.0215. The highest BCUT2D eigenvalue weighted by Gasteiger charge is 2.42. The van der Waals surface area contributed by atoms with Crippen LogP contribution in [0.1, 0.15) is 23.2 Å². The molecule has 4 nitrogen and oxygen atoms in total. The Kier molecular flexibility index (Phi) is 4.04. The molecule has 2 bridgehead atoms. The Morgan fingerprint density at radius 1 is 1.44 bits per heavy atom. The van der Waals surface area contributed by atoms with Crippen LogP contribution in [0.4, 0.5) is 4.39 Å². The highest BCUT2D eigenvalue weighted by molar-refractivity contribution is 6.10. The second kappa shape index (κ2) is 6.23. The molecule has 3 fully saturated rings. The highest BCUT2D eigenvalue weighted by Crippen LogP contribution is 2.38. The molecule has 4 atom stereocenters. The van der Waals surface area contributed by atoms with Gasteiger partial charge in [-0.1, -0.05) is 6.08 Å². The summed E-state index contributed by atoms with van der Waals surface area (Å²) < 4.78 is 19.2. The van der Waals surface area contributed by atoms with Gasteiger partial charge in [0.25, 0.3) is 0 Å². The largest absolute Gasteiger partial charge is 0.497 e. The third-order valence-electron chi connectivity index (χ3n) is 5.66. The zero-order valence-corrected chi connectivity index (χ0v) is 14.2. The number of ether oxygens (including phenoxy) is 1. The highest BCUT2D eigenvalue weighted by atomic mass is 19.1. The van der Waals surface area contributed by atoms with E-state index >= 15 is 0 Å². The van der Waals surface area contributed by atoms with Gasteiger partial charge in [-0.15, -0.1) is 6.58 Å². The van der Waals surface area contributed by atoms with Crippen LogP contribution in [-0.2, 0) is 0 Å². The van der Waals surface area contributed by atoms with Gasteiger partial charge in [-0.2, -0.15) is 4.39 Å². The average Bonchev–Trinajstić information content (AvgIpc) is 2.66. The maximum Gasteiger partial charge on any atom is 0.214 e. The van der Waals surface area contributed by atoms with Gasteiger partial charge in [-0.05, 0) is 49.4 Å². The topological polar surface area (TPSA) is 42.4 Å². The van der Waals surface area contributed by atoms with E-state index in [1.165, 1.54) is 6.07 Å². The van der Waals surface area contributed by atoms with Crippen LogP contribution in [0.3, 0.4) is 0 Å². The van der Waals surface area contributed by atoms with Gasteiger partial charge in [0.2, 0.25) is 5.95 Å². The molecule has 1 aromatic carbocycles. The summed E-state index contributed by atoms with van der Waals surface area (Å²) in [5, 5.41) is 0.647. The Hall–Kier alpha value is -2.27. The van der Waals surface area contributed by atoms with Crippen molar-refractivity contribution in [2.75, 3.05) is 20.2 Å². The van der Waals surface area contributed by atoms with Crippen LogP contribution in [0.5, 0.6) is 5.75 Å². The maximum atomic E-state index is 14.0. The van der Waals surface area contributed by atoms with Crippen LogP contribution in [0.25, 0.3) is 10.9 Å². The summed E-state index contributed by atoms with van der Waals surface area (Å²) in [4.78, 5) is 19.4. The molecule has 0 radical (unpaired) electrons. The van der Waals surface area contributed by atoms with Crippen LogP contribution >= 0.6 is 0 Å². The quantitative estimate of drug-likeness (QED) is 0.486. The fourth-order valence-corrected chi connectivity index (χ4v) is 4.29. The molecule has 3 aliphatic rings. The van der Waals surface area contributed by atoms with Crippen molar-refractivity contribution in [3.05, 3.63) is 48.4 Å². The van der Waals surface area contributed by atoms with E-state index in [2.05, 4.69) is 16.5 Å². The number of hydrogen-bond donors (Lipinski definition) is 0. The third-order valence-corrected chi connectivity index (χ3v) is 5.66. The molecule has 5 heteroatoms. The molecular formula is C20H21FN2O2. The molecule has 0 aliphatic carbocycles. The van der Waals surface area contributed by atoms with Crippen molar-refractivity contribution in [3.8, 4) is 5.75 Å². The molecule has 1 aromatic heterocycles. The number of Topliss-reactive ketones (excluding diaryl/α,β-unsaturated/α-hetero) is 1. The molecule has 0 spiro atoms. The number of ketones is 1. The summed E-state index contributed by atoms with van der Waals surface area (Å²) >= 11 is 0. The zero-order valence-electron chi connectivity index (χ0n) is 14.2. The van der Waals surface area contributed by atoms with Crippen LogP contribution < -0.4 is 4.74 Å². The molecule has 5 rings (SSSR count). The number of pyridine rings is 1. The Labute approximate surface area is 146 Å². The van der Waals surface area contributed by atoms with Gasteiger partial charge in [-0.25, -0.2) is 4.98 Å². The van der Waals surface area contributed by atoms with E-state index in [1.807, 2.05) is 6.08 Å². The van der Waals surface area contributed by atoms with E-state index in [0.717, 1.165) is 25.9 Å². The minimum atomic E-state index is -0.624. The van der Waals surface area contributed by atoms with Crippen molar-refractivity contribution in [1.29, 1.82) is 0 Å². The first-order chi connectivity index (χ1) is 12.1. The van der Waals surface area contributed by atoms with Crippen molar-refractivity contribution in [2.45, 2.75) is 18.9 Å². The first-order valence-corrected chi connectivity index (χ1v) is 8.66. The van der Waals surface area contributed by atoms with Gasteiger partial charge in [0.05, 0.1) is 18.7 Å². The summed E-state index contributed by atoms with van der Waals surface area (Å²) in [7, 11) is 1.57. The van der Waals surface area contributed by atoms with Crippen molar-refractivity contribution in [3.63, 3.8) is 0 Å². The van der Waals surface area contributed by atoms with Gasteiger partial charge in [-0.3, -0.25) is 9.69 Å². The minimum Gasteiger partial charge on any atom is -0.497 e. The number of hydrogen-bond acceptors (Lipinski definition) is 4. The summed E-state index contributed by atoms with van der Waals surface area (Å²) in [5.74, 6) is 0.924. The van der Waals surface area contributed by atoms with Crippen molar-refractivity contribution < 1.29 is 13.9 Å². The number of fused-ring (bicyclic) bond motifs is 4. The SMILES string of the molecule is C=CC1CN2CCC1CC2C(=O)c1cc(F)nc2ccc(OC)cc12. The molecule has 130 valence electrons. The van der Waals surface area contributed by atoms with Crippen molar-refractivity contribution in [1.82, 2.24) is 9.88 Å². The molecule has 2 aromatic rings. The van der Waals surface area contributed by atoms with Crippen LogP contribution in [0, 0.1) is 17.8 Å². The lowest BCUT2D eigenvalue weighted by Gasteiger charge is -2.48. The lowest BCUT2D eigenvalue weighted by atomic mass is 9.74. The monoisotopic (exact) mass is 340 g/mol. The number of nitrogens with zero attached hydrogens (tertiary/aromatic N) is 2. The lowest BCUT2D eigenvalue weighted by Crippen LogP contribution is -2.55.